The van der Waals surface area contributed by atoms with E-state index < -0.39 is 10.0 Å². The quantitative estimate of drug-likeness (QED) is 0.504. The van der Waals surface area contributed by atoms with Crippen LogP contribution < -0.4 is 4.74 Å². The second-order valence-corrected chi connectivity index (χ2v) is 9.57. The number of hydrogen-bond donors (Lipinski definition) is 1. The first-order chi connectivity index (χ1) is 14.5. The largest absolute Gasteiger partial charge is 0.495 e. The average molecular weight is 440 g/mol. The van der Waals surface area contributed by atoms with Crippen molar-refractivity contribution in [2.45, 2.75) is 18.0 Å². The number of ether oxygens (including phenoxy) is 1. The molecule has 0 unspecified atom stereocenters. The standard InChI is InChI=1S/C22H18ClN3O3S/c1-29-21-10-15(14-3-6-20-17(8-14)11-24-25-20)4-7-22(21)30(27,28)26-12-16-2-5-19(23)9-18(16)13-26/h2-11H,12-13H2,1H3,(H,24,25). The highest BCUT2D eigenvalue weighted by atomic mass is 35.5. The number of aromatic amines is 1. The number of benzene rings is 3. The van der Waals surface area contributed by atoms with Crippen LogP contribution in [-0.2, 0) is 23.1 Å². The van der Waals surface area contributed by atoms with Gasteiger partial charge in [-0.1, -0.05) is 29.8 Å². The fraction of sp³-hybridized carbons (Fsp3) is 0.136. The molecule has 8 heteroatoms. The van der Waals surface area contributed by atoms with Gasteiger partial charge in [-0.15, -0.1) is 0 Å². The van der Waals surface area contributed by atoms with Gasteiger partial charge in [0.25, 0.3) is 0 Å². The highest BCUT2D eigenvalue weighted by Gasteiger charge is 2.33. The molecular formula is C22H18ClN3O3S. The predicted octanol–water partition coefficient (Wildman–Crippen LogP) is 4.60. The van der Waals surface area contributed by atoms with Crippen LogP contribution in [0.1, 0.15) is 11.1 Å². The molecule has 0 spiro atoms. The van der Waals surface area contributed by atoms with E-state index in [-0.39, 0.29) is 4.90 Å². The summed E-state index contributed by atoms with van der Waals surface area (Å²) in [5, 5.41) is 8.55. The maximum atomic E-state index is 13.4. The molecule has 5 rings (SSSR count). The van der Waals surface area contributed by atoms with Crippen LogP contribution in [0.4, 0.5) is 0 Å². The second kappa shape index (κ2) is 7.12. The van der Waals surface area contributed by atoms with Gasteiger partial charge in [0, 0.05) is 23.5 Å². The van der Waals surface area contributed by atoms with Crippen LogP contribution in [0.15, 0.2) is 65.7 Å². The molecule has 1 aliphatic heterocycles. The number of methoxy groups -OCH3 is 1. The van der Waals surface area contributed by atoms with Gasteiger partial charge in [-0.3, -0.25) is 5.10 Å². The molecule has 0 radical (unpaired) electrons. The van der Waals surface area contributed by atoms with Gasteiger partial charge in [0.2, 0.25) is 10.0 Å². The molecule has 0 atom stereocenters. The fourth-order valence-electron chi connectivity index (χ4n) is 3.82. The molecule has 0 amide bonds. The Hall–Kier alpha value is -2.87. The van der Waals surface area contributed by atoms with E-state index in [1.54, 1.807) is 30.5 Å². The van der Waals surface area contributed by atoms with Crippen LogP contribution in [0.3, 0.4) is 0 Å². The maximum Gasteiger partial charge on any atom is 0.247 e. The van der Waals surface area contributed by atoms with E-state index in [0.29, 0.717) is 23.9 Å². The van der Waals surface area contributed by atoms with Crippen LogP contribution >= 0.6 is 11.6 Å². The van der Waals surface area contributed by atoms with Crippen LogP contribution in [-0.4, -0.2) is 30.0 Å². The zero-order valence-electron chi connectivity index (χ0n) is 16.1. The lowest BCUT2D eigenvalue weighted by molar-refractivity contribution is 0.393. The van der Waals surface area contributed by atoms with Crippen molar-refractivity contribution < 1.29 is 13.2 Å². The van der Waals surface area contributed by atoms with Crippen molar-refractivity contribution in [2.75, 3.05) is 7.11 Å². The monoisotopic (exact) mass is 439 g/mol. The fourth-order valence-corrected chi connectivity index (χ4v) is 5.55. The molecule has 0 bridgehead atoms. The number of nitrogens with one attached hydrogen (secondary N) is 1. The van der Waals surface area contributed by atoms with E-state index in [4.69, 9.17) is 16.3 Å². The van der Waals surface area contributed by atoms with Crippen molar-refractivity contribution in [3.63, 3.8) is 0 Å². The summed E-state index contributed by atoms with van der Waals surface area (Å²) in [6.07, 6.45) is 1.76. The average Bonchev–Trinajstić information content (AvgIpc) is 3.39. The van der Waals surface area contributed by atoms with Crippen molar-refractivity contribution in [3.8, 4) is 16.9 Å². The minimum absolute atomic E-state index is 0.150. The van der Waals surface area contributed by atoms with Gasteiger partial charge in [-0.25, -0.2) is 8.42 Å². The Balaban J connectivity index is 1.51. The summed E-state index contributed by atoms with van der Waals surface area (Å²) in [4.78, 5) is 0.150. The van der Waals surface area contributed by atoms with Crippen molar-refractivity contribution >= 4 is 32.5 Å². The Labute approximate surface area is 179 Å². The topological polar surface area (TPSA) is 75.3 Å². The van der Waals surface area contributed by atoms with Crippen LogP contribution in [0.2, 0.25) is 5.02 Å². The summed E-state index contributed by atoms with van der Waals surface area (Å²) < 4.78 is 33.6. The van der Waals surface area contributed by atoms with E-state index in [1.165, 1.54) is 11.4 Å². The number of rotatable bonds is 4. The van der Waals surface area contributed by atoms with Gasteiger partial charge in [-0.05, 0) is 58.7 Å². The number of hydrogen-bond acceptors (Lipinski definition) is 4. The molecule has 0 fully saturated rings. The molecule has 0 saturated heterocycles. The zero-order chi connectivity index (χ0) is 20.9. The van der Waals surface area contributed by atoms with Crippen molar-refractivity contribution in [2.24, 2.45) is 0 Å². The van der Waals surface area contributed by atoms with E-state index in [9.17, 15) is 8.42 Å². The third kappa shape index (κ3) is 3.15. The van der Waals surface area contributed by atoms with E-state index in [2.05, 4.69) is 10.2 Å². The summed E-state index contributed by atoms with van der Waals surface area (Å²) in [6.45, 7) is 0.608. The molecule has 6 nitrogen and oxygen atoms in total. The number of halogens is 1. The molecule has 1 aromatic heterocycles. The summed E-state index contributed by atoms with van der Waals surface area (Å²) in [7, 11) is -2.25. The Morgan fingerprint density at radius 3 is 2.60 bits per heavy atom. The Kier molecular flexibility index (Phi) is 4.54. The highest BCUT2D eigenvalue weighted by Crippen LogP contribution is 2.36. The summed E-state index contributed by atoms with van der Waals surface area (Å²) in [5.41, 5.74) is 4.65. The molecular weight excluding hydrogens is 422 g/mol. The van der Waals surface area contributed by atoms with Crippen LogP contribution in [0, 0.1) is 0 Å². The maximum absolute atomic E-state index is 13.4. The lowest BCUT2D eigenvalue weighted by Crippen LogP contribution is -2.26. The van der Waals surface area contributed by atoms with Gasteiger partial charge in [0.1, 0.15) is 10.6 Å². The van der Waals surface area contributed by atoms with Crippen molar-refractivity contribution in [1.82, 2.24) is 14.5 Å². The molecule has 1 N–H and O–H groups in total. The molecule has 1 aliphatic rings. The lowest BCUT2D eigenvalue weighted by atomic mass is 10.0. The first-order valence-electron chi connectivity index (χ1n) is 9.35. The third-order valence-electron chi connectivity index (χ3n) is 5.42. The SMILES string of the molecule is COc1cc(-c2ccc3[nH]ncc3c2)ccc1S(=O)(=O)N1Cc2ccc(Cl)cc2C1. The summed E-state index contributed by atoms with van der Waals surface area (Å²) in [5.74, 6) is 0.314. The second-order valence-electron chi connectivity index (χ2n) is 7.22. The third-order valence-corrected chi connectivity index (χ3v) is 7.48. The van der Waals surface area contributed by atoms with Gasteiger partial charge < -0.3 is 4.74 Å². The van der Waals surface area contributed by atoms with Gasteiger partial charge in [0.05, 0.1) is 18.8 Å². The Morgan fingerprint density at radius 2 is 1.77 bits per heavy atom. The number of nitrogens with zero attached hydrogens (tertiary/aromatic N) is 2. The Bertz CT molecular complexity index is 1380. The molecule has 4 aromatic rings. The normalized spacial score (nSPS) is 14.2. The molecule has 3 aromatic carbocycles. The minimum Gasteiger partial charge on any atom is -0.495 e. The number of fused-ring (bicyclic) bond motifs is 2. The lowest BCUT2D eigenvalue weighted by Gasteiger charge is -2.18. The number of H-pyrrole nitrogens is 1. The smallest absolute Gasteiger partial charge is 0.247 e. The molecule has 152 valence electrons. The van der Waals surface area contributed by atoms with Crippen molar-refractivity contribution in [3.05, 3.63) is 76.9 Å². The zero-order valence-corrected chi connectivity index (χ0v) is 17.7. The van der Waals surface area contributed by atoms with E-state index in [0.717, 1.165) is 33.2 Å². The highest BCUT2D eigenvalue weighted by molar-refractivity contribution is 7.89. The van der Waals surface area contributed by atoms with Crippen LogP contribution in [0.25, 0.3) is 22.0 Å². The van der Waals surface area contributed by atoms with Gasteiger partial charge in [-0.2, -0.15) is 9.40 Å². The Morgan fingerprint density at radius 1 is 1.00 bits per heavy atom. The first-order valence-corrected chi connectivity index (χ1v) is 11.2. The summed E-state index contributed by atoms with van der Waals surface area (Å²) in [6, 6.07) is 16.6. The van der Waals surface area contributed by atoms with E-state index >= 15 is 0 Å². The number of sulfonamides is 1. The van der Waals surface area contributed by atoms with E-state index in [1.807, 2.05) is 30.3 Å². The first kappa shape index (κ1) is 19.1. The number of aromatic nitrogens is 2. The van der Waals surface area contributed by atoms with Crippen molar-refractivity contribution in [1.29, 1.82) is 0 Å². The minimum atomic E-state index is -3.74. The molecule has 30 heavy (non-hydrogen) atoms. The summed E-state index contributed by atoms with van der Waals surface area (Å²) >= 11 is 6.06. The van der Waals surface area contributed by atoms with Gasteiger partial charge in [0.15, 0.2) is 0 Å². The molecule has 0 saturated carbocycles. The van der Waals surface area contributed by atoms with Crippen LogP contribution in [0.5, 0.6) is 5.75 Å². The predicted molar refractivity (Wildman–Crippen MR) is 116 cm³/mol. The van der Waals surface area contributed by atoms with Gasteiger partial charge >= 0.3 is 0 Å². The molecule has 0 aliphatic carbocycles. The molecule has 2 heterocycles.